The van der Waals surface area contributed by atoms with E-state index >= 15 is 0 Å². The zero-order valence-corrected chi connectivity index (χ0v) is 11.4. The van der Waals surface area contributed by atoms with Crippen LogP contribution in [0.2, 0.25) is 0 Å². The van der Waals surface area contributed by atoms with Crippen LogP contribution >= 0.6 is 0 Å². The number of anilines is 1. The first-order chi connectivity index (χ1) is 9.04. The summed E-state index contributed by atoms with van der Waals surface area (Å²) < 4.78 is 29.8. The highest BCUT2D eigenvalue weighted by atomic mass is 32.2. The smallest absolute Gasteiger partial charge is 0.184 e. The summed E-state index contributed by atoms with van der Waals surface area (Å²) in [4.78, 5) is 0.107. The fourth-order valence-corrected chi connectivity index (χ4v) is 3.35. The van der Waals surface area contributed by atoms with Crippen molar-refractivity contribution in [3.63, 3.8) is 0 Å². The summed E-state index contributed by atoms with van der Waals surface area (Å²) >= 11 is 0. The van der Waals surface area contributed by atoms with Crippen LogP contribution in [0.15, 0.2) is 53.4 Å². The van der Waals surface area contributed by atoms with Gasteiger partial charge >= 0.3 is 0 Å². The first-order valence-electron chi connectivity index (χ1n) is 5.74. The Hall–Kier alpha value is -2.01. The van der Waals surface area contributed by atoms with Crippen LogP contribution in [0.25, 0.3) is 0 Å². The molecule has 0 aromatic heterocycles. The second kappa shape index (κ2) is 5.32. The number of ether oxygens (including phenoxy) is 1. The Morgan fingerprint density at radius 1 is 1.05 bits per heavy atom. The summed E-state index contributed by atoms with van der Waals surface area (Å²) in [5.41, 5.74) is 6.71. The Labute approximate surface area is 112 Å². The fourth-order valence-electron chi connectivity index (χ4n) is 1.84. The first-order valence-corrected chi connectivity index (χ1v) is 7.39. The van der Waals surface area contributed by atoms with Gasteiger partial charge in [0.15, 0.2) is 9.84 Å². The standard InChI is InChI=1S/C14H15NO3S/c1-18-12-8-5-9-13(14(12)15)19(16,17)10-11-6-3-2-4-7-11/h2-9H,10,15H2,1H3. The SMILES string of the molecule is COc1cccc(S(=O)(=O)Cc2ccccc2)c1N. The predicted molar refractivity (Wildman–Crippen MR) is 74.7 cm³/mol. The van der Waals surface area contributed by atoms with E-state index in [0.717, 1.165) is 5.56 Å². The van der Waals surface area contributed by atoms with Gasteiger partial charge in [-0.1, -0.05) is 36.4 Å². The molecule has 0 spiro atoms. The van der Waals surface area contributed by atoms with E-state index in [1.165, 1.54) is 13.2 Å². The molecule has 5 heteroatoms. The summed E-state index contributed by atoms with van der Waals surface area (Å²) in [7, 11) is -2.02. The summed E-state index contributed by atoms with van der Waals surface area (Å²) in [5, 5.41) is 0. The number of rotatable bonds is 4. The van der Waals surface area contributed by atoms with E-state index in [4.69, 9.17) is 10.5 Å². The zero-order chi connectivity index (χ0) is 13.9. The maximum atomic E-state index is 12.4. The van der Waals surface area contributed by atoms with E-state index < -0.39 is 9.84 Å². The van der Waals surface area contributed by atoms with Crippen molar-refractivity contribution in [3.8, 4) is 5.75 Å². The molecule has 4 nitrogen and oxygen atoms in total. The van der Waals surface area contributed by atoms with Gasteiger partial charge in [0.05, 0.1) is 23.4 Å². The summed E-state index contributed by atoms with van der Waals surface area (Å²) in [5.74, 6) is 0.291. The van der Waals surface area contributed by atoms with Crippen LogP contribution in [0.5, 0.6) is 5.75 Å². The molecule has 0 amide bonds. The number of nitrogen functional groups attached to an aromatic ring is 1. The third kappa shape index (κ3) is 2.88. The lowest BCUT2D eigenvalue weighted by molar-refractivity contribution is 0.416. The minimum Gasteiger partial charge on any atom is -0.495 e. The lowest BCUT2D eigenvalue weighted by Crippen LogP contribution is -2.08. The largest absolute Gasteiger partial charge is 0.495 e. The van der Waals surface area contributed by atoms with Crippen molar-refractivity contribution in [1.82, 2.24) is 0 Å². The number of hydrogen-bond acceptors (Lipinski definition) is 4. The molecule has 0 atom stereocenters. The number of sulfone groups is 1. The van der Waals surface area contributed by atoms with Crippen LogP contribution in [-0.4, -0.2) is 15.5 Å². The van der Waals surface area contributed by atoms with E-state index in [1.807, 2.05) is 6.07 Å². The number of para-hydroxylation sites is 1. The quantitative estimate of drug-likeness (QED) is 0.870. The van der Waals surface area contributed by atoms with Gasteiger partial charge in [0, 0.05) is 0 Å². The Balaban J connectivity index is 2.40. The highest BCUT2D eigenvalue weighted by Crippen LogP contribution is 2.30. The Morgan fingerprint density at radius 2 is 1.74 bits per heavy atom. The average molecular weight is 277 g/mol. The van der Waals surface area contributed by atoms with E-state index in [-0.39, 0.29) is 16.3 Å². The van der Waals surface area contributed by atoms with Gasteiger partial charge in [-0.3, -0.25) is 0 Å². The van der Waals surface area contributed by atoms with Gasteiger partial charge in [0.1, 0.15) is 5.75 Å². The maximum absolute atomic E-state index is 12.4. The number of benzene rings is 2. The van der Waals surface area contributed by atoms with Crippen LogP contribution in [-0.2, 0) is 15.6 Å². The van der Waals surface area contributed by atoms with E-state index in [9.17, 15) is 8.42 Å². The van der Waals surface area contributed by atoms with Crippen LogP contribution in [0.4, 0.5) is 5.69 Å². The highest BCUT2D eigenvalue weighted by Gasteiger charge is 2.20. The third-order valence-corrected chi connectivity index (χ3v) is 4.52. The van der Waals surface area contributed by atoms with Gasteiger partial charge < -0.3 is 10.5 Å². The van der Waals surface area contributed by atoms with Crippen LogP contribution in [0.1, 0.15) is 5.56 Å². The first kappa shape index (κ1) is 13.4. The van der Waals surface area contributed by atoms with Gasteiger partial charge in [-0.2, -0.15) is 0 Å². The summed E-state index contributed by atoms with van der Waals surface area (Å²) in [6.07, 6.45) is 0. The van der Waals surface area contributed by atoms with Crippen molar-refractivity contribution in [1.29, 1.82) is 0 Å². The third-order valence-electron chi connectivity index (χ3n) is 2.78. The average Bonchev–Trinajstić information content (AvgIpc) is 2.39. The number of methoxy groups -OCH3 is 1. The maximum Gasteiger partial charge on any atom is 0.184 e. The molecular weight excluding hydrogens is 262 g/mol. The van der Waals surface area contributed by atoms with Crippen molar-refractivity contribution in [2.45, 2.75) is 10.6 Å². The molecule has 0 saturated carbocycles. The molecule has 2 rings (SSSR count). The van der Waals surface area contributed by atoms with Crippen molar-refractivity contribution in [2.24, 2.45) is 0 Å². The topological polar surface area (TPSA) is 69.4 Å². The highest BCUT2D eigenvalue weighted by molar-refractivity contribution is 7.90. The molecule has 0 unspecified atom stereocenters. The molecule has 0 aliphatic carbocycles. The molecule has 0 aliphatic heterocycles. The lowest BCUT2D eigenvalue weighted by atomic mass is 10.2. The molecular formula is C14H15NO3S. The minimum atomic E-state index is -3.48. The van der Waals surface area contributed by atoms with E-state index in [0.29, 0.717) is 5.75 Å². The predicted octanol–water partition coefficient (Wildman–Crippen LogP) is 2.25. The van der Waals surface area contributed by atoms with Crippen LogP contribution in [0, 0.1) is 0 Å². The van der Waals surface area contributed by atoms with Gasteiger partial charge in [-0.25, -0.2) is 8.42 Å². The van der Waals surface area contributed by atoms with Gasteiger partial charge in [-0.05, 0) is 17.7 Å². The monoisotopic (exact) mass is 277 g/mol. The van der Waals surface area contributed by atoms with Crippen molar-refractivity contribution in [2.75, 3.05) is 12.8 Å². The molecule has 100 valence electrons. The molecule has 0 aliphatic rings. The van der Waals surface area contributed by atoms with Crippen molar-refractivity contribution < 1.29 is 13.2 Å². The zero-order valence-electron chi connectivity index (χ0n) is 10.5. The molecule has 19 heavy (non-hydrogen) atoms. The minimum absolute atomic E-state index is 0.0782. The Bertz CT molecular complexity index is 666. The molecule has 2 aromatic rings. The number of nitrogens with two attached hydrogens (primary N) is 1. The Kier molecular flexibility index (Phi) is 3.76. The summed E-state index contributed by atoms with van der Waals surface area (Å²) in [6, 6.07) is 13.7. The Morgan fingerprint density at radius 3 is 2.37 bits per heavy atom. The van der Waals surface area contributed by atoms with E-state index in [2.05, 4.69) is 0 Å². The van der Waals surface area contributed by atoms with Crippen molar-refractivity contribution in [3.05, 3.63) is 54.1 Å². The second-order valence-corrected chi connectivity index (χ2v) is 6.07. The second-order valence-electron chi connectivity index (χ2n) is 4.12. The van der Waals surface area contributed by atoms with Gasteiger partial charge in [-0.15, -0.1) is 0 Å². The molecule has 0 bridgehead atoms. The molecule has 0 radical (unpaired) electrons. The summed E-state index contributed by atoms with van der Waals surface area (Å²) in [6.45, 7) is 0. The van der Waals surface area contributed by atoms with E-state index in [1.54, 1.807) is 36.4 Å². The van der Waals surface area contributed by atoms with Crippen LogP contribution < -0.4 is 10.5 Å². The molecule has 2 N–H and O–H groups in total. The fraction of sp³-hybridized carbons (Fsp3) is 0.143. The molecule has 2 aromatic carbocycles. The molecule has 0 fully saturated rings. The molecule has 0 heterocycles. The molecule has 0 saturated heterocycles. The van der Waals surface area contributed by atoms with Gasteiger partial charge in [0.2, 0.25) is 0 Å². The normalized spacial score (nSPS) is 11.2. The van der Waals surface area contributed by atoms with Crippen molar-refractivity contribution >= 4 is 15.5 Å². The van der Waals surface area contributed by atoms with Crippen LogP contribution in [0.3, 0.4) is 0 Å². The number of hydrogen-bond donors (Lipinski definition) is 1. The van der Waals surface area contributed by atoms with Gasteiger partial charge in [0.25, 0.3) is 0 Å². The lowest BCUT2D eigenvalue weighted by Gasteiger charge is -2.10.